The molecule has 1 amide bonds. The zero-order valence-corrected chi connectivity index (χ0v) is 15.9. The molecule has 0 radical (unpaired) electrons. The van der Waals surface area contributed by atoms with Crippen LogP contribution in [0.25, 0.3) is 4.96 Å². The van der Waals surface area contributed by atoms with Gasteiger partial charge in [-0.05, 0) is 32.6 Å². The summed E-state index contributed by atoms with van der Waals surface area (Å²) in [5.41, 5.74) is 0.548. The minimum atomic E-state index is -0.154. The summed E-state index contributed by atoms with van der Waals surface area (Å²) in [6.45, 7) is 3.33. The number of carbonyl (C=O) groups excluding carboxylic acids is 1. The number of hydrogen-bond donors (Lipinski definition) is 1. The number of fused-ring (bicyclic) bond motifs is 1. The molecule has 1 aliphatic carbocycles. The summed E-state index contributed by atoms with van der Waals surface area (Å²) in [6.07, 6.45) is 7.80. The van der Waals surface area contributed by atoms with Gasteiger partial charge in [-0.3, -0.25) is 9.59 Å². The molecule has 1 N–H and O–H groups in total. The highest BCUT2D eigenvalue weighted by Gasteiger charge is 2.29. The fourth-order valence-corrected chi connectivity index (χ4v) is 4.96. The second kappa shape index (κ2) is 7.34. The van der Waals surface area contributed by atoms with E-state index in [1.165, 1.54) is 41.2 Å². The van der Waals surface area contributed by atoms with Crippen molar-refractivity contribution in [2.75, 3.05) is 18.0 Å². The molecular formula is C18H25N5O2S. The molecule has 0 unspecified atom stereocenters. The van der Waals surface area contributed by atoms with Crippen LogP contribution in [0.15, 0.2) is 10.9 Å². The van der Waals surface area contributed by atoms with Crippen LogP contribution in [0.2, 0.25) is 0 Å². The molecular weight excluding hydrogens is 350 g/mol. The zero-order chi connectivity index (χ0) is 18.1. The number of hydrogen-bond acceptors (Lipinski definition) is 6. The van der Waals surface area contributed by atoms with Crippen LogP contribution in [0.1, 0.15) is 50.6 Å². The van der Waals surface area contributed by atoms with E-state index < -0.39 is 0 Å². The van der Waals surface area contributed by atoms with Crippen molar-refractivity contribution in [3.63, 3.8) is 0 Å². The molecule has 2 aliphatic rings. The third-order valence-corrected chi connectivity index (χ3v) is 6.35. The molecule has 2 fully saturated rings. The molecule has 8 heteroatoms. The van der Waals surface area contributed by atoms with Gasteiger partial charge in [-0.2, -0.15) is 4.52 Å². The lowest BCUT2D eigenvalue weighted by Crippen LogP contribution is -2.46. The Morgan fingerprint density at radius 2 is 2.04 bits per heavy atom. The first-order valence-corrected chi connectivity index (χ1v) is 10.3. The summed E-state index contributed by atoms with van der Waals surface area (Å²) in [5, 5.41) is 8.47. The minimum Gasteiger partial charge on any atom is -0.353 e. The molecule has 0 spiro atoms. The van der Waals surface area contributed by atoms with Crippen LogP contribution in [-0.2, 0) is 4.79 Å². The van der Waals surface area contributed by atoms with Crippen LogP contribution < -0.4 is 15.8 Å². The summed E-state index contributed by atoms with van der Waals surface area (Å²) in [5.74, 6) is 0.165. The second-order valence-corrected chi connectivity index (χ2v) is 8.38. The maximum Gasteiger partial charge on any atom is 0.275 e. The third kappa shape index (κ3) is 3.60. The molecule has 26 heavy (non-hydrogen) atoms. The van der Waals surface area contributed by atoms with Crippen molar-refractivity contribution in [1.29, 1.82) is 0 Å². The maximum atomic E-state index is 12.7. The van der Waals surface area contributed by atoms with Crippen molar-refractivity contribution < 1.29 is 4.79 Å². The first-order valence-electron chi connectivity index (χ1n) is 9.53. The van der Waals surface area contributed by atoms with Crippen LogP contribution in [0.3, 0.4) is 0 Å². The maximum absolute atomic E-state index is 12.7. The predicted octanol–water partition coefficient (Wildman–Crippen LogP) is 2.12. The Kier molecular flexibility index (Phi) is 4.93. The van der Waals surface area contributed by atoms with Gasteiger partial charge in [-0.25, -0.2) is 4.98 Å². The molecule has 1 atom stereocenters. The Morgan fingerprint density at radius 1 is 1.23 bits per heavy atom. The highest BCUT2D eigenvalue weighted by Crippen LogP contribution is 2.27. The van der Waals surface area contributed by atoms with E-state index in [0.717, 1.165) is 37.4 Å². The van der Waals surface area contributed by atoms with Gasteiger partial charge in [0.2, 0.25) is 16.0 Å². The number of amides is 1. The molecule has 1 saturated carbocycles. The van der Waals surface area contributed by atoms with E-state index in [9.17, 15) is 9.59 Å². The first-order chi connectivity index (χ1) is 12.6. The number of rotatable bonds is 3. The Labute approximate surface area is 156 Å². The van der Waals surface area contributed by atoms with E-state index in [2.05, 4.69) is 20.3 Å². The number of anilines is 1. The lowest BCUT2D eigenvalue weighted by Gasteiger charge is -2.33. The minimum absolute atomic E-state index is 0.0101. The topological polar surface area (TPSA) is 79.6 Å². The first kappa shape index (κ1) is 17.5. The van der Waals surface area contributed by atoms with Crippen LogP contribution in [-0.4, -0.2) is 39.6 Å². The summed E-state index contributed by atoms with van der Waals surface area (Å²) in [7, 11) is 0. The van der Waals surface area contributed by atoms with E-state index in [0.29, 0.717) is 23.2 Å². The van der Waals surface area contributed by atoms with Gasteiger partial charge in [0, 0.05) is 30.9 Å². The van der Waals surface area contributed by atoms with Crippen LogP contribution in [0, 0.1) is 12.8 Å². The summed E-state index contributed by atoms with van der Waals surface area (Å²) >= 11 is 1.42. The van der Waals surface area contributed by atoms with E-state index in [4.69, 9.17) is 0 Å². The molecule has 4 rings (SSSR count). The average molecular weight is 375 g/mol. The molecule has 0 aromatic carbocycles. The number of piperidine rings is 1. The molecule has 7 nitrogen and oxygen atoms in total. The van der Waals surface area contributed by atoms with Gasteiger partial charge in [0.1, 0.15) is 0 Å². The Balaban J connectivity index is 1.47. The molecule has 3 heterocycles. The van der Waals surface area contributed by atoms with Gasteiger partial charge in [-0.15, -0.1) is 5.10 Å². The number of aromatic nitrogens is 3. The smallest absolute Gasteiger partial charge is 0.275 e. The predicted molar refractivity (Wildman–Crippen MR) is 102 cm³/mol. The monoisotopic (exact) mass is 375 g/mol. The number of nitrogens with one attached hydrogen (secondary N) is 1. The van der Waals surface area contributed by atoms with Crippen molar-refractivity contribution in [3.8, 4) is 0 Å². The lowest BCUT2D eigenvalue weighted by molar-refractivity contribution is -0.126. The highest BCUT2D eigenvalue weighted by molar-refractivity contribution is 7.20. The van der Waals surface area contributed by atoms with Gasteiger partial charge >= 0.3 is 0 Å². The quantitative estimate of drug-likeness (QED) is 0.889. The van der Waals surface area contributed by atoms with Crippen molar-refractivity contribution in [2.24, 2.45) is 5.92 Å². The van der Waals surface area contributed by atoms with Gasteiger partial charge in [0.15, 0.2) is 0 Å². The van der Waals surface area contributed by atoms with Crippen molar-refractivity contribution in [1.82, 2.24) is 19.9 Å². The summed E-state index contributed by atoms with van der Waals surface area (Å²) < 4.78 is 1.36. The normalized spacial score (nSPS) is 21.9. The molecule has 0 bridgehead atoms. The molecule has 140 valence electrons. The van der Waals surface area contributed by atoms with Gasteiger partial charge in [0.25, 0.3) is 5.56 Å². The standard InChI is InChI=1S/C18H25N5O2S/c1-12-10-15(24)23-17(19-12)26-18(21-23)22-9-5-6-13(11-22)16(25)20-14-7-3-2-4-8-14/h10,13-14H,2-9,11H2,1H3,(H,20,25)/t13-/m1/s1. The number of aryl methyl sites for hydroxylation is 1. The van der Waals surface area contributed by atoms with Crippen molar-refractivity contribution in [3.05, 3.63) is 22.1 Å². The average Bonchev–Trinajstić information content (AvgIpc) is 3.07. The van der Waals surface area contributed by atoms with E-state index in [1.807, 2.05) is 6.92 Å². The Bertz CT molecular complexity index is 855. The summed E-state index contributed by atoms with van der Waals surface area (Å²) in [4.78, 5) is 31.9. The Hall–Kier alpha value is -1.96. The molecule has 2 aromatic rings. The number of carbonyl (C=O) groups is 1. The summed E-state index contributed by atoms with van der Waals surface area (Å²) in [6, 6.07) is 1.84. The fraction of sp³-hybridized carbons (Fsp3) is 0.667. The molecule has 2 aromatic heterocycles. The molecule has 1 saturated heterocycles. The molecule has 1 aliphatic heterocycles. The Morgan fingerprint density at radius 3 is 2.85 bits per heavy atom. The largest absolute Gasteiger partial charge is 0.353 e. The van der Waals surface area contributed by atoms with Crippen LogP contribution in [0.4, 0.5) is 5.13 Å². The zero-order valence-electron chi connectivity index (χ0n) is 15.1. The van der Waals surface area contributed by atoms with Crippen molar-refractivity contribution >= 4 is 27.3 Å². The number of nitrogens with zero attached hydrogens (tertiary/aromatic N) is 4. The third-order valence-electron chi connectivity index (χ3n) is 5.38. The van der Waals surface area contributed by atoms with Crippen LogP contribution in [0.5, 0.6) is 0 Å². The van der Waals surface area contributed by atoms with Crippen LogP contribution >= 0.6 is 11.3 Å². The van der Waals surface area contributed by atoms with Gasteiger partial charge in [0.05, 0.1) is 5.92 Å². The van der Waals surface area contributed by atoms with Gasteiger partial charge in [-0.1, -0.05) is 30.6 Å². The van der Waals surface area contributed by atoms with Gasteiger partial charge < -0.3 is 10.2 Å². The van der Waals surface area contributed by atoms with Crippen molar-refractivity contribution in [2.45, 2.75) is 57.9 Å². The fourth-order valence-electron chi connectivity index (χ4n) is 3.97. The second-order valence-electron chi connectivity index (χ2n) is 7.44. The highest BCUT2D eigenvalue weighted by atomic mass is 32.1. The lowest BCUT2D eigenvalue weighted by atomic mass is 9.93. The van der Waals surface area contributed by atoms with E-state index in [1.54, 1.807) is 0 Å². The van der Waals surface area contributed by atoms with E-state index in [-0.39, 0.29) is 17.4 Å². The van der Waals surface area contributed by atoms with E-state index >= 15 is 0 Å². The SMILES string of the molecule is Cc1cc(=O)n2nc(N3CCC[C@@H](C(=O)NC4CCCCC4)C3)sc2n1.